The molecule has 1 heterocycles. The topological polar surface area (TPSA) is 97.2 Å². The fraction of sp³-hybridized carbons (Fsp3) is 0.214. The van der Waals surface area contributed by atoms with Crippen LogP contribution in [0.1, 0.15) is 11.1 Å². The van der Waals surface area contributed by atoms with E-state index in [0.717, 1.165) is 34.1 Å². The summed E-state index contributed by atoms with van der Waals surface area (Å²) in [7, 11) is 1.23. The summed E-state index contributed by atoms with van der Waals surface area (Å²) in [4.78, 5) is 16.2. The van der Waals surface area contributed by atoms with Crippen molar-refractivity contribution in [2.45, 2.75) is 6.18 Å². The van der Waals surface area contributed by atoms with Gasteiger partial charge in [0, 0.05) is 0 Å². The molecule has 2 rings (SSSR count). The van der Waals surface area contributed by atoms with Gasteiger partial charge < -0.3 is 5.73 Å². The number of nitrogens with zero attached hydrogens (tertiary/aromatic N) is 4. The van der Waals surface area contributed by atoms with E-state index in [1.165, 1.54) is 7.11 Å². The molecule has 2 N–H and O–H groups in total. The van der Waals surface area contributed by atoms with Crippen LogP contribution in [0, 0.1) is 11.3 Å². The molecule has 2 aromatic rings. The van der Waals surface area contributed by atoms with Gasteiger partial charge in [0.1, 0.15) is 18.2 Å². The van der Waals surface area contributed by atoms with Gasteiger partial charge in [-0.1, -0.05) is 11.6 Å². The Bertz CT molecular complexity index is 844. The number of nitriles is 1. The molecule has 0 saturated heterocycles. The average molecular weight is 374 g/mol. The summed E-state index contributed by atoms with van der Waals surface area (Å²) in [6.45, 7) is -0.408. The van der Waals surface area contributed by atoms with Crippen molar-refractivity contribution in [1.29, 1.82) is 5.26 Å². The zero-order valence-corrected chi connectivity index (χ0v) is 13.5. The van der Waals surface area contributed by atoms with Gasteiger partial charge in [-0.3, -0.25) is 9.63 Å². The van der Waals surface area contributed by atoms with Crippen LogP contribution < -0.4 is 10.8 Å². The second-order valence-corrected chi connectivity index (χ2v) is 5.16. The first kappa shape index (κ1) is 18.6. The number of amides is 1. The van der Waals surface area contributed by atoms with Crippen LogP contribution in [-0.4, -0.2) is 29.3 Å². The van der Waals surface area contributed by atoms with Crippen molar-refractivity contribution in [2.75, 3.05) is 18.7 Å². The second kappa shape index (κ2) is 7.00. The normalized spacial score (nSPS) is 11.2. The summed E-state index contributed by atoms with van der Waals surface area (Å²) in [5.41, 5.74) is 4.27. The molecule has 0 aliphatic carbocycles. The Morgan fingerprint density at radius 2 is 2.20 bits per heavy atom. The van der Waals surface area contributed by atoms with Crippen molar-refractivity contribution in [3.63, 3.8) is 0 Å². The molecule has 0 saturated carbocycles. The molecular formula is C14H11ClF3N5O2. The molecule has 0 radical (unpaired) electrons. The van der Waals surface area contributed by atoms with Gasteiger partial charge in [0.2, 0.25) is 5.91 Å². The van der Waals surface area contributed by atoms with Gasteiger partial charge >= 0.3 is 6.18 Å². The van der Waals surface area contributed by atoms with E-state index in [0.29, 0.717) is 0 Å². The number of hydrogen-bond donors (Lipinski definition) is 1. The standard InChI is InChI=1S/C14H11ClF3N5O2/c1-25-22(7-12(20)24)13-8(5-19)6-21-23(13)11-3-2-9(4-10(11)15)14(16,17)18/h2-4,6H,7H2,1H3,(H2,20,24). The first-order chi connectivity index (χ1) is 11.7. The number of hydrogen-bond acceptors (Lipinski definition) is 5. The van der Waals surface area contributed by atoms with Crippen molar-refractivity contribution in [2.24, 2.45) is 5.73 Å². The SMILES string of the molecule is CON(CC(N)=O)c1c(C#N)cnn1-c1ccc(C(F)(F)F)cc1Cl. The van der Waals surface area contributed by atoms with Gasteiger partial charge in [0.05, 0.1) is 29.6 Å². The number of carbonyl (C=O) groups excluding carboxylic acids is 1. The first-order valence-electron chi connectivity index (χ1n) is 6.64. The van der Waals surface area contributed by atoms with E-state index in [4.69, 9.17) is 22.2 Å². The number of carbonyl (C=O) groups is 1. The van der Waals surface area contributed by atoms with Crippen LogP contribution in [0.15, 0.2) is 24.4 Å². The fourth-order valence-corrected chi connectivity index (χ4v) is 2.32. The molecule has 0 fully saturated rings. The fourth-order valence-electron chi connectivity index (χ4n) is 2.06. The number of anilines is 1. The number of hydroxylamine groups is 1. The molecular weight excluding hydrogens is 363 g/mol. The molecule has 0 spiro atoms. The highest BCUT2D eigenvalue weighted by Crippen LogP contribution is 2.34. The van der Waals surface area contributed by atoms with E-state index in [1.807, 2.05) is 6.07 Å². The zero-order chi connectivity index (χ0) is 18.8. The van der Waals surface area contributed by atoms with Crippen LogP contribution in [0.25, 0.3) is 5.69 Å². The predicted molar refractivity (Wildman–Crippen MR) is 81.8 cm³/mol. The summed E-state index contributed by atoms with van der Waals surface area (Å²) in [5.74, 6) is -0.748. The second-order valence-electron chi connectivity index (χ2n) is 4.75. The summed E-state index contributed by atoms with van der Waals surface area (Å²) >= 11 is 5.95. The van der Waals surface area contributed by atoms with E-state index in [2.05, 4.69) is 5.10 Å². The maximum Gasteiger partial charge on any atom is 0.416 e. The summed E-state index contributed by atoms with van der Waals surface area (Å²) in [6, 6.07) is 4.51. The van der Waals surface area contributed by atoms with E-state index in [9.17, 15) is 23.2 Å². The molecule has 1 aromatic heterocycles. The van der Waals surface area contributed by atoms with Crippen LogP contribution in [0.2, 0.25) is 5.02 Å². The Morgan fingerprint density at radius 3 is 2.68 bits per heavy atom. The van der Waals surface area contributed by atoms with Gasteiger partial charge in [0.25, 0.3) is 0 Å². The molecule has 1 amide bonds. The van der Waals surface area contributed by atoms with Gasteiger partial charge in [0.15, 0.2) is 5.82 Å². The van der Waals surface area contributed by atoms with Crippen molar-refractivity contribution in [3.05, 3.63) is 40.5 Å². The number of rotatable bonds is 5. The Morgan fingerprint density at radius 1 is 1.52 bits per heavy atom. The van der Waals surface area contributed by atoms with Crippen LogP contribution >= 0.6 is 11.6 Å². The summed E-state index contributed by atoms with van der Waals surface area (Å²) in [6.07, 6.45) is -3.40. The number of aromatic nitrogens is 2. The Labute approximate surface area is 144 Å². The van der Waals surface area contributed by atoms with Gasteiger partial charge in [-0.15, -0.1) is 0 Å². The number of benzene rings is 1. The number of primary amides is 1. The Hall–Kier alpha value is -2.77. The molecule has 25 heavy (non-hydrogen) atoms. The summed E-state index contributed by atoms with van der Waals surface area (Å²) in [5, 5.41) is 13.9. The van der Waals surface area contributed by atoms with Crippen LogP contribution in [-0.2, 0) is 15.8 Å². The van der Waals surface area contributed by atoms with Crippen molar-refractivity contribution in [3.8, 4) is 11.8 Å². The van der Waals surface area contributed by atoms with Crippen LogP contribution in [0.5, 0.6) is 0 Å². The Kier molecular flexibility index (Phi) is 5.20. The lowest BCUT2D eigenvalue weighted by Crippen LogP contribution is -2.34. The molecule has 0 aliphatic heterocycles. The highest BCUT2D eigenvalue weighted by molar-refractivity contribution is 6.32. The van der Waals surface area contributed by atoms with Gasteiger partial charge in [-0.2, -0.15) is 23.5 Å². The predicted octanol–water partition coefficient (Wildman–Crippen LogP) is 2.27. The number of nitrogens with two attached hydrogens (primary N) is 1. The minimum atomic E-state index is -4.56. The number of alkyl halides is 3. The quantitative estimate of drug-likeness (QED) is 0.811. The van der Waals surface area contributed by atoms with Crippen LogP contribution in [0.3, 0.4) is 0 Å². The zero-order valence-electron chi connectivity index (χ0n) is 12.7. The molecule has 0 atom stereocenters. The molecule has 11 heteroatoms. The third-order valence-electron chi connectivity index (χ3n) is 3.12. The third-order valence-corrected chi connectivity index (χ3v) is 3.43. The van der Waals surface area contributed by atoms with Gasteiger partial charge in [-0.25, -0.2) is 9.75 Å². The molecule has 1 aromatic carbocycles. The largest absolute Gasteiger partial charge is 0.416 e. The highest BCUT2D eigenvalue weighted by atomic mass is 35.5. The number of halogens is 4. The lowest BCUT2D eigenvalue weighted by molar-refractivity contribution is -0.137. The third kappa shape index (κ3) is 3.84. The Balaban J connectivity index is 2.59. The molecule has 0 aliphatic rings. The maximum atomic E-state index is 12.8. The molecule has 132 valence electrons. The molecule has 7 nitrogen and oxygen atoms in total. The minimum absolute atomic E-state index is 0.00505. The lowest BCUT2D eigenvalue weighted by Gasteiger charge is -2.22. The van der Waals surface area contributed by atoms with Crippen molar-refractivity contribution in [1.82, 2.24) is 9.78 Å². The first-order valence-corrected chi connectivity index (χ1v) is 7.02. The van der Waals surface area contributed by atoms with Crippen molar-refractivity contribution >= 4 is 23.3 Å². The van der Waals surface area contributed by atoms with E-state index in [-0.39, 0.29) is 22.1 Å². The maximum absolute atomic E-state index is 12.8. The van der Waals surface area contributed by atoms with Crippen LogP contribution in [0.4, 0.5) is 19.0 Å². The highest BCUT2D eigenvalue weighted by Gasteiger charge is 2.31. The lowest BCUT2D eigenvalue weighted by atomic mass is 10.2. The smallest absolute Gasteiger partial charge is 0.368 e. The van der Waals surface area contributed by atoms with E-state index in [1.54, 1.807) is 0 Å². The minimum Gasteiger partial charge on any atom is -0.368 e. The summed E-state index contributed by atoms with van der Waals surface area (Å²) < 4.78 is 39.4. The van der Waals surface area contributed by atoms with Crippen molar-refractivity contribution < 1.29 is 22.8 Å². The van der Waals surface area contributed by atoms with E-state index < -0.39 is 24.2 Å². The monoisotopic (exact) mass is 373 g/mol. The molecule has 0 unspecified atom stereocenters. The molecule has 0 bridgehead atoms. The van der Waals surface area contributed by atoms with E-state index >= 15 is 0 Å². The van der Waals surface area contributed by atoms with Gasteiger partial charge in [-0.05, 0) is 18.2 Å². The average Bonchev–Trinajstić information content (AvgIpc) is 2.95.